The number of hydrazine groups is 1. The largest absolute Gasteiger partial charge is 0.464 e. The number of hydrogen-bond donors (Lipinski definition) is 3. The zero-order chi connectivity index (χ0) is 15.2. The molecule has 0 fully saturated rings. The molecular formula is C13H17ClN6O. The lowest BCUT2D eigenvalue weighted by Crippen LogP contribution is -2.16. The first-order valence-corrected chi connectivity index (χ1v) is 6.88. The number of ether oxygens (including phenoxy) is 1. The first kappa shape index (κ1) is 15.3. The van der Waals surface area contributed by atoms with Gasteiger partial charge in [-0.1, -0.05) is 29.8 Å². The molecule has 0 bridgehead atoms. The predicted octanol–water partition coefficient (Wildman–Crippen LogP) is 2.38. The molecule has 0 saturated heterocycles. The van der Waals surface area contributed by atoms with Crippen molar-refractivity contribution in [1.82, 2.24) is 15.0 Å². The fourth-order valence-electron chi connectivity index (χ4n) is 1.78. The summed E-state index contributed by atoms with van der Waals surface area (Å²) in [7, 11) is 0. The van der Waals surface area contributed by atoms with Crippen molar-refractivity contribution in [1.29, 1.82) is 0 Å². The molecule has 0 spiro atoms. The van der Waals surface area contributed by atoms with Crippen LogP contribution in [0, 0.1) is 0 Å². The molecule has 2 aromatic rings. The molecule has 0 saturated carbocycles. The fourth-order valence-corrected chi connectivity index (χ4v) is 2.08. The van der Waals surface area contributed by atoms with E-state index in [1.54, 1.807) is 0 Å². The number of anilines is 2. The summed E-state index contributed by atoms with van der Waals surface area (Å²) in [4.78, 5) is 12.3. The summed E-state index contributed by atoms with van der Waals surface area (Å²) in [5, 5.41) is 3.83. The summed E-state index contributed by atoms with van der Waals surface area (Å²) < 4.78 is 5.28. The smallest absolute Gasteiger partial charge is 0.323 e. The third-order valence-corrected chi connectivity index (χ3v) is 3.08. The third-order valence-electron chi connectivity index (χ3n) is 2.73. The Morgan fingerprint density at radius 2 is 1.95 bits per heavy atom. The van der Waals surface area contributed by atoms with Crippen molar-refractivity contribution in [3.8, 4) is 6.01 Å². The molecule has 21 heavy (non-hydrogen) atoms. The highest BCUT2D eigenvalue weighted by atomic mass is 35.5. The van der Waals surface area contributed by atoms with Crippen molar-refractivity contribution in [2.45, 2.75) is 19.9 Å². The first-order chi connectivity index (χ1) is 10.1. The summed E-state index contributed by atoms with van der Waals surface area (Å²) in [6.45, 7) is 4.26. The number of halogens is 1. The van der Waals surface area contributed by atoms with Crippen molar-refractivity contribution >= 4 is 23.5 Å². The molecule has 1 atom stereocenters. The molecule has 1 aromatic carbocycles. The minimum absolute atomic E-state index is 0.0822. The lowest BCUT2D eigenvalue weighted by molar-refractivity contribution is 0.312. The first-order valence-electron chi connectivity index (χ1n) is 6.50. The topological polar surface area (TPSA) is 98.0 Å². The van der Waals surface area contributed by atoms with Crippen LogP contribution in [0.4, 0.5) is 11.9 Å². The van der Waals surface area contributed by atoms with Gasteiger partial charge in [0.1, 0.15) is 0 Å². The molecule has 4 N–H and O–H groups in total. The van der Waals surface area contributed by atoms with E-state index in [1.165, 1.54) is 0 Å². The van der Waals surface area contributed by atoms with Crippen LogP contribution >= 0.6 is 11.6 Å². The van der Waals surface area contributed by atoms with Crippen LogP contribution in [0.25, 0.3) is 0 Å². The molecule has 0 aliphatic rings. The second kappa shape index (κ2) is 7.05. The van der Waals surface area contributed by atoms with Crippen molar-refractivity contribution in [2.75, 3.05) is 17.3 Å². The zero-order valence-corrected chi connectivity index (χ0v) is 12.6. The Balaban J connectivity index is 2.22. The maximum Gasteiger partial charge on any atom is 0.323 e. The Labute approximate surface area is 127 Å². The molecule has 7 nitrogen and oxygen atoms in total. The summed E-state index contributed by atoms with van der Waals surface area (Å²) in [6.07, 6.45) is 0. The van der Waals surface area contributed by atoms with E-state index in [2.05, 4.69) is 25.7 Å². The molecule has 1 heterocycles. The average Bonchev–Trinajstić information content (AvgIpc) is 2.47. The van der Waals surface area contributed by atoms with Gasteiger partial charge in [0.25, 0.3) is 0 Å². The molecule has 0 aliphatic heterocycles. The van der Waals surface area contributed by atoms with Crippen LogP contribution in [0.3, 0.4) is 0 Å². The second-order valence-electron chi connectivity index (χ2n) is 4.23. The standard InChI is InChI=1S/C13H17ClN6O/c1-3-21-13-18-11(17-12(19-13)20-15)16-8(2)9-6-4-5-7-10(9)14/h4-8H,3,15H2,1-2H3,(H2,16,17,18,19,20). The van der Waals surface area contributed by atoms with Gasteiger partial charge in [-0.15, -0.1) is 0 Å². The van der Waals surface area contributed by atoms with Gasteiger partial charge in [-0.05, 0) is 25.5 Å². The highest BCUT2D eigenvalue weighted by Gasteiger charge is 2.12. The van der Waals surface area contributed by atoms with Crippen molar-refractivity contribution in [3.63, 3.8) is 0 Å². The van der Waals surface area contributed by atoms with Crippen LogP contribution in [0.15, 0.2) is 24.3 Å². The lowest BCUT2D eigenvalue weighted by atomic mass is 10.1. The van der Waals surface area contributed by atoms with Crippen LogP contribution in [0.5, 0.6) is 6.01 Å². The van der Waals surface area contributed by atoms with Gasteiger partial charge in [-0.25, -0.2) is 5.84 Å². The van der Waals surface area contributed by atoms with Gasteiger partial charge in [0, 0.05) is 5.02 Å². The highest BCUT2D eigenvalue weighted by molar-refractivity contribution is 6.31. The van der Waals surface area contributed by atoms with Gasteiger partial charge >= 0.3 is 6.01 Å². The maximum atomic E-state index is 6.17. The summed E-state index contributed by atoms with van der Waals surface area (Å²) in [6, 6.07) is 7.69. The van der Waals surface area contributed by atoms with Crippen molar-refractivity contribution < 1.29 is 4.74 Å². The van der Waals surface area contributed by atoms with Crippen LogP contribution < -0.4 is 21.3 Å². The van der Waals surface area contributed by atoms with E-state index >= 15 is 0 Å². The fraction of sp³-hybridized carbons (Fsp3) is 0.308. The van der Waals surface area contributed by atoms with E-state index in [0.29, 0.717) is 17.6 Å². The molecule has 1 unspecified atom stereocenters. The second-order valence-corrected chi connectivity index (χ2v) is 4.64. The van der Waals surface area contributed by atoms with Gasteiger partial charge in [0.15, 0.2) is 0 Å². The lowest BCUT2D eigenvalue weighted by Gasteiger charge is -2.16. The molecule has 1 aromatic heterocycles. The van der Waals surface area contributed by atoms with E-state index in [4.69, 9.17) is 22.2 Å². The third kappa shape index (κ3) is 3.93. The predicted molar refractivity (Wildman–Crippen MR) is 82.3 cm³/mol. The SMILES string of the molecule is CCOc1nc(NN)nc(NC(C)c2ccccc2Cl)n1. The Kier molecular flexibility index (Phi) is 5.13. The maximum absolute atomic E-state index is 6.17. The van der Waals surface area contributed by atoms with Crippen molar-refractivity contribution in [3.05, 3.63) is 34.9 Å². The monoisotopic (exact) mass is 308 g/mol. The van der Waals surface area contributed by atoms with Gasteiger partial charge < -0.3 is 10.1 Å². The Hall–Kier alpha value is -2.12. The van der Waals surface area contributed by atoms with Crippen LogP contribution in [-0.2, 0) is 0 Å². The van der Waals surface area contributed by atoms with Gasteiger partial charge in [-0.3, -0.25) is 5.43 Å². The number of nitrogens with zero attached hydrogens (tertiary/aromatic N) is 3. The van der Waals surface area contributed by atoms with Crippen molar-refractivity contribution in [2.24, 2.45) is 5.84 Å². The highest BCUT2D eigenvalue weighted by Crippen LogP contribution is 2.25. The van der Waals surface area contributed by atoms with E-state index in [-0.39, 0.29) is 18.0 Å². The van der Waals surface area contributed by atoms with Crippen LogP contribution in [0.1, 0.15) is 25.5 Å². The Bertz CT molecular complexity index is 609. The number of nitrogens with two attached hydrogens (primary N) is 1. The zero-order valence-electron chi connectivity index (χ0n) is 11.8. The van der Waals surface area contributed by atoms with Crippen LogP contribution in [-0.4, -0.2) is 21.6 Å². The summed E-state index contributed by atoms with van der Waals surface area (Å²) in [5.41, 5.74) is 3.33. The Morgan fingerprint density at radius 1 is 1.24 bits per heavy atom. The summed E-state index contributed by atoms with van der Waals surface area (Å²) >= 11 is 6.17. The van der Waals surface area contributed by atoms with Gasteiger partial charge in [-0.2, -0.15) is 15.0 Å². The number of aromatic nitrogens is 3. The number of benzene rings is 1. The Morgan fingerprint density at radius 3 is 2.62 bits per heavy atom. The molecule has 0 amide bonds. The normalized spacial score (nSPS) is 11.8. The molecule has 0 radical (unpaired) electrons. The average molecular weight is 309 g/mol. The number of hydrogen-bond acceptors (Lipinski definition) is 7. The van der Waals surface area contributed by atoms with E-state index < -0.39 is 0 Å². The van der Waals surface area contributed by atoms with Crippen LogP contribution in [0.2, 0.25) is 5.02 Å². The van der Waals surface area contributed by atoms with Gasteiger partial charge in [0.05, 0.1) is 12.6 Å². The molecule has 8 heteroatoms. The molecule has 0 aliphatic carbocycles. The summed E-state index contributed by atoms with van der Waals surface area (Å²) in [5.74, 6) is 5.92. The molecule has 2 rings (SSSR count). The molecule has 112 valence electrons. The van der Waals surface area contributed by atoms with E-state index in [1.807, 2.05) is 38.1 Å². The number of nitrogen functional groups attached to an aromatic ring is 1. The minimum Gasteiger partial charge on any atom is -0.464 e. The van der Waals surface area contributed by atoms with E-state index in [9.17, 15) is 0 Å². The number of rotatable bonds is 6. The van der Waals surface area contributed by atoms with Gasteiger partial charge in [0.2, 0.25) is 11.9 Å². The quantitative estimate of drug-likeness (QED) is 0.556. The number of nitrogens with one attached hydrogen (secondary N) is 2. The van der Waals surface area contributed by atoms with E-state index in [0.717, 1.165) is 5.56 Å². The molecular weight excluding hydrogens is 292 g/mol. The minimum atomic E-state index is -0.0822.